The summed E-state index contributed by atoms with van der Waals surface area (Å²) < 4.78 is 38.9. The Bertz CT molecular complexity index is 997. The number of aliphatic imine (C=N–C) groups is 1. The third-order valence-electron chi connectivity index (χ3n) is 3.94. The van der Waals surface area contributed by atoms with Crippen molar-refractivity contribution >= 4 is 44.2 Å². The van der Waals surface area contributed by atoms with Crippen LogP contribution in [0.3, 0.4) is 0 Å². The molecule has 0 fully saturated rings. The molecule has 144 valence electrons. The number of amidine groups is 1. The first-order valence-electron chi connectivity index (χ1n) is 7.82. The molecule has 2 aromatic rings. The summed E-state index contributed by atoms with van der Waals surface area (Å²) in [5.74, 6) is -0.159. The minimum Gasteiger partial charge on any atom is -0.365 e. The van der Waals surface area contributed by atoms with Gasteiger partial charge >= 0.3 is 0 Å². The van der Waals surface area contributed by atoms with E-state index < -0.39 is 15.7 Å². The highest BCUT2D eigenvalue weighted by Gasteiger charge is 2.36. The predicted octanol–water partition coefficient (Wildman–Crippen LogP) is 3.09. The van der Waals surface area contributed by atoms with Gasteiger partial charge in [0.25, 0.3) is 0 Å². The summed E-state index contributed by atoms with van der Waals surface area (Å²) >= 11 is 7.32. The Labute approximate surface area is 166 Å². The molecule has 27 heavy (non-hydrogen) atoms. The zero-order valence-electron chi connectivity index (χ0n) is 14.5. The second-order valence-electron chi connectivity index (χ2n) is 6.09. The molecule has 1 aliphatic heterocycles. The van der Waals surface area contributed by atoms with Crippen molar-refractivity contribution in [2.24, 2.45) is 4.99 Å². The van der Waals surface area contributed by atoms with Gasteiger partial charge in [-0.15, -0.1) is 0 Å². The Morgan fingerprint density at radius 2 is 1.93 bits per heavy atom. The van der Waals surface area contributed by atoms with Gasteiger partial charge < -0.3 is 10.4 Å². The van der Waals surface area contributed by atoms with Crippen molar-refractivity contribution in [1.82, 2.24) is 4.31 Å². The summed E-state index contributed by atoms with van der Waals surface area (Å²) in [6.45, 7) is 0. The van der Waals surface area contributed by atoms with Crippen molar-refractivity contribution in [2.75, 3.05) is 25.2 Å². The zero-order chi connectivity index (χ0) is 19.8. The van der Waals surface area contributed by atoms with Crippen molar-refractivity contribution in [3.05, 3.63) is 58.9 Å². The van der Waals surface area contributed by atoms with E-state index in [1.54, 1.807) is 18.2 Å². The highest BCUT2D eigenvalue weighted by atomic mass is 35.5. The normalized spacial score (nSPS) is 20.0. The van der Waals surface area contributed by atoms with E-state index in [-0.39, 0.29) is 21.5 Å². The Balaban J connectivity index is 1.92. The smallest absolute Gasteiger partial charge is 0.244 e. The number of anilines is 1. The fourth-order valence-electron chi connectivity index (χ4n) is 2.42. The molecule has 0 spiro atoms. The largest absolute Gasteiger partial charge is 0.365 e. The van der Waals surface area contributed by atoms with Crippen LogP contribution >= 0.6 is 23.4 Å². The van der Waals surface area contributed by atoms with Gasteiger partial charge in [0.15, 0.2) is 10.9 Å². The van der Waals surface area contributed by atoms with Gasteiger partial charge in [-0.25, -0.2) is 22.1 Å². The number of nitrogens with one attached hydrogen (secondary N) is 1. The molecule has 0 bridgehead atoms. The second kappa shape index (κ2) is 7.40. The molecule has 0 saturated carbocycles. The van der Waals surface area contributed by atoms with Crippen molar-refractivity contribution < 1.29 is 17.9 Å². The van der Waals surface area contributed by atoms with Gasteiger partial charge in [0.2, 0.25) is 10.0 Å². The number of halogens is 2. The van der Waals surface area contributed by atoms with Crippen LogP contribution in [0.15, 0.2) is 52.4 Å². The predicted molar refractivity (Wildman–Crippen MR) is 106 cm³/mol. The van der Waals surface area contributed by atoms with Gasteiger partial charge in [0, 0.05) is 25.3 Å². The van der Waals surface area contributed by atoms with E-state index in [9.17, 15) is 17.9 Å². The number of rotatable bonds is 4. The molecule has 2 aromatic carbocycles. The lowest BCUT2D eigenvalue weighted by Gasteiger charge is -2.21. The molecule has 1 unspecified atom stereocenters. The molecule has 2 N–H and O–H groups in total. The zero-order valence-corrected chi connectivity index (χ0v) is 16.9. The average Bonchev–Trinajstić information content (AvgIpc) is 2.99. The molecular weight excluding hydrogens is 413 g/mol. The molecule has 6 nitrogen and oxygen atoms in total. The fourth-order valence-corrected chi connectivity index (χ4v) is 4.79. The molecule has 0 saturated heterocycles. The second-order valence-corrected chi connectivity index (χ2v) is 9.58. The van der Waals surface area contributed by atoms with Crippen molar-refractivity contribution in [3.63, 3.8) is 0 Å². The van der Waals surface area contributed by atoms with Crippen molar-refractivity contribution in [1.29, 1.82) is 0 Å². The highest BCUT2D eigenvalue weighted by Crippen LogP contribution is 2.37. The third-order valence-corrected chi connectivity index (χ3v) is 7.25. The molecule has 1 aliphatic rings. The van der Waals surface area contributed by atoms with E-state index in [0.717, 1.165) is 4.31 Å². The minimum atomic E-state index is -3.77. The maximum Gasteiger partial charge on any atom is 0.244 e. The fraction of sp³-hybridized carbons (Fsp3) is 0.235. The number of sulfonamides is 1. The summed E-state index contributed by atoms with van der Waals surface area (Å²) in [5, 5.41) is 14.4. The highest BCUT2D eigenvalue weighted by molar-refractivity contribution is 8.14. The van der Waals surface area contributed by atoms with Crippen LogP contribution in [0, 0.1) is 5.82 Å². The van der Waals surface area contributed by atoms with E-state index in [1.165, 1.54) is 50.1 Å². The Hall–Kier alpha value is -1.65. The molecule has 1 atom stereocenters. The first-order chi connectivity index (χ1) is 12.6. The topological polar surface area (TPSA) is 82.0 Å². The molecule has 0 amide bonds. The number of aliphatic hydroxyl groups is 1. The molecule has 1 heterocycles. The monoisotopic (exact) mass is 429 g/mol. The van der Waals surface area contributed by atoms with Gasteiger partial charge in [-0.05, 0) is 36.4 Å². The van der Waals surface area contributed by atoms with Crippen LogP contribution in [0.5, 0.6) is 0 Å². The first-order valence-corrected chi connectivity index (χ1v) is 10.6. The van der Waals surface area contributed by atoms with Crippen LogP contribution in [-0.4, -0.2) is 42.8 Å². The average molecular weight is 430 g/mol. The molecular formula is C17H17ClFN3O3S2. The third kappa shape index (κ3) is 4.12. The quantitative estimate of drug-likeness (QED) is 0.780. The summed E-state index contributed by atoms with van der Waals surface area (Å²) in [5.41, 5.74) is -0.664. The maximum atomic E-state index is 13.0. The number of nitrogens with zero attached hydrogens (tertiary/aromatic N) is 2. The summed E-state index contributed by atoms with van der Waals surface area (Å²) in [7, 11) is -0.960. The van der Waals surface area contributed by atoms with Crippen LogP contribution in [0.1, 0.15) is 5.56 Å². The van der Waals surface area contributed by atoms with Crippen LogP contribution in [0.25, 0.3) is 0 Å². The van der Waals surface area contributed by atoms with Crippen molar-refractivity contribution in [3.8, 4) is 0 Å². The standard InChI is InChI=1S/C17H17ClFN3O3S2/c1-22(2)27(24,25)15-9-11(3-8-14(15)18)17(23)10-26-16(21-17)20-13-6-4-12(19)5-7-13/h3-9,23H,10H2,1-2H3,(H,20,21). The maximum absolute atomic E-state index is 13.0. The van der Waals surface area contributed by atoms with Crippen LogP contribution in [-0.2, 0) is 15.7 Å². The van der Waals surface area contributed by atoms with Gasteiger partial charge in [-0.2, -0.15) is 0 Å². The number of hydrogen-bond acceptors (Lipinski definition) is 6. The van der Waals surface area contributed by atoms with Gasteiger partial charge in [-0.1, -0.05) is 29.4 Å². The first kappa shape index (κ1) is 20.1. The Morgan fingerprint density at radius 3 is 2.56 bits per heavy atom. The lowest BCUT2D eigenvalue weighted by Crippen LogP contribution is -2.26. The summed E-state index contributed by atoms with van der Waals surface area (Å²) in [4.78, 5) is 4.19. The van der Waals surface area contributed by atoms with E-state index in [0.29, 0.717) is 16.4 Å². The number of hydrogen-bond donors (Lipinski definition) is 2. The van der Waals surface area contributed by atoms with Crippen LogP contribution < -0.4 is 5.32 Å². The van der Waals surface area contributed by atoms with E-state index in [4.69, 9.17) is 11.6 Å². The van der Waals surface area contributed by atoms with Gasteiger partial charge in [0.05, 0.1) is 10.8 Å². The number of thioether (sulfide) groups is 1. The van der Waals surface area contributed by atoms with E-state index in [2.05, 4.69) is 10.3 Å². The molecule has 3 rings (SSSR count). The lowest BCUT2D eigenvalue weighted by molar-refractivity contribution is 0.0756. The van der Waals surface area contributed by atoms with E-state index >= 15 is 0 Å². The van der Waals surface area contributed by atoms with Gasteiger partial charge in [-0.3, -0.25) is 0 Å². The molecule has 0 aliphatic carbocycles. The van der Waals surface area contributed by atoms with Crippen molar-refractivity contribution in [2.45, 2.75) is 10.6 Å². The number of benzene rings is 2. The Kier molecular flexibility index (Phi) is 5.51. The SMILES string of the molecule is CN(C)S(=O)(=O)c1cc(C2(O)CSC(Nc3ccc(F)cc3)=N2)ccc1Cl. The molecule has 0 aromatic heterocycles. The lowest BCUT2D eigenvalue weighted by atomic mass is 10.1. The summed E-state index contributed by atoms with van der Waals surface area (Å²) in [6, 6.07) is 10.0. The minimum absolute atomic E-state index is 0.0651. The van der Waals surface area contributed by atoms with Crippen LogP contribution in [0.4, 0.5) is 10.1 Å². The molecule has 0 radical (unpaired) electrons. The van der Waals surface area contributed by atoms with Crippen LogP contribution in [0.2, 0.25) is 5.02 Å². The summed E-state index contributed by atoms with van der Waals surface area (Å²) in [6.07, 6.45) is 0. The van der Waals surface area contributed by atoms with Gasteiger partial charge in [0.1, 0.15) is 10.7 Å². The Morgan fingerprint density at radius 1 is 1.26 bits per heavy atom. The van der Waals surface area contributed by atoms with E-state index in [1.807, 2.05) is 0 Å². The molecule has 10 heteroatoms.